The lowest BCUT2D eigenvalue weighted by atomic mass is 9.77. The van der Waals surface area contributed by atoms with Crippen molar-refractivity contribution in [3.63, 3.8) is 0 Å². The number of allylic oxidation sites excluding steroid dienone is 6. The van der Waals surface area contributed by atoms with E-state index in [1.807, 2.05) is 11.3 Å². The first kappa shape index (κ1) is 31.2. The van der Waals surface area contributed by atoms with Gasteiger partial charge in [0.15, 0.2) is 23.3 Å². The third kappa shape index (κ3) is 6.03. The average molecular weight is 655 g/mol. The highest BCUT2D eigenvalue weighted by Gasteiger charge is 2.54. The Kier molecular flexibility index (Phi) is 9.03. The molecule has 3 unspecified atom stereocenters. The summed E-state index contributed by atoms with van der Waals surface area (Å²) >= 11 is 3.60. The Bertz CT molecular complexity index is 1800. The molecule has 1 saturated heterocycles. The normalized spacial score (nSPS) is 25.8. The van der Waals surface area contributed by atoms with Gasteiger partial charge in [-0.1, -0.05) is 47.8 Å². The second kappa shape index (κ2) is 13.3. The van der Waals surface area contributed by atoms with Crippen LogP contribution in [0.25, 0.3) is 16.3 Å². The third-order valence-corrected chi connectivity index (χ3v) is 12.6. The predicted molar refractivity (Wildman–Crippen MR) is 187 cm³/mol. The minimum Gasteiger partial charge on any atom is -0.481 e. The summed E-state index contributed by atoms with van der Waals surface area (Å²) in [6, 6.07) is 16.5. The Morgan fingerprint density at radius 2 is 1.74 bits per heavy atom. The van der Waals surface area contributed by atoms with E-state index in [0.717, 1.165) is 70.1 Å². The van der Waals surface area contributed by atoms with Gasteiger partial charge in [-0.25, -0.2) is 9.28 Å². The Hall–Kier alpha value is -3.46. The van der Waals surface area contributed by atoms with Crippen LogP contribution in [-0.4, -0.2) is 34.7 Å². The number of carboxylic acids is 2. The fourth-order valence-electron chi connectivity index (χ4n) is 7.94. The molecular weight excluding hydrogens is 613 g/mol. The molecule has 1 spiro atoms. The van der Waals surface area contributed by atoms with Gasteiger partial charge in [0.2, 0.25) is 5.52 Å². The highest BCUT2D eigenvalue weighted by atomic mass is 32.2. The lowest BCUT2D eigenvalue weighted by Gasteiger charge is -2.42. The summed E-state index contributed by atoms with van der Waals surface area (Å²) in [5.41, 5.74) is 6.47. The van der Waals surface area contributed by atoms with Crippen LogP contribution < -0.4 is 9.05 Å². The van der Waals surface area contributed by atoms with Gasteiger partial charge in [0.05, 0.1) is 11.4 Å². The molecule has 4 aliphatic rings. The van der Waals surface area contributed by atoms with E-state index in [9.17, 15) is 14.7 Å². The number of aliphatic carboxylic acids is 2. The summed E-state index contributed by atoms with van der Waals surface area (Å²) in [4.78, 5) is 24.8. The number of aromatic nitrogens is 1. The van der Waals surface area contributed by atoms with Crippen molar-refractivity contribution in [2.45, 2.75) is 88.1 Å². The van der Waals surface area contributed by atoms with E-state index in [4.69, 9.17) is 5.11 Å². The maximum absolute atomic E-state index is 12.6. The first-order valence-electron chi connectivity index (χ1n) is 16.8. The SMILES string of the molecule is O=C(O)CCCCC[n+]1c(/C=C2/C=C3C=C(/C=C4\Sc5ccccc5[N+]45CCCCC5C(=O)O)CCC3CC2)sc2ccccc21. The van der Waals surface area contributed by atoms with Crippen molar-refractivity contribution in [2.24, 2.45) is 5.92 Å². The van der Waals surface area contributed by atoms with Crippen LogP contribution in [0.5, 0.6) is 0 Å². The molecule has 238 valence electrons. The number of thiazole rings is 1. The Morgan fingerprint density at radius 1 is 0.913 bits per heavy atom. The van der Waals surface area contributed by atoms with Crippen molar-refractivity contribution in [1.29, 1.82) is 0 Å². The summed E-state index contributed by atoms with van der Waals surface area (Å²) in [7, 11) is 0. The molecule has 6 nitrogen and oxygen atoms in total. The van der Waals surface area contributed by atoms with Gasteiger partial charge in [-0.2, -0.15) is 4.57 Å². The summed E-state index contributed by atoms with van der Waals surface area (Å²) in [5.74, 6) is -0.839. The first-order chi connectivity index (χ1) is 22.4. The number of unbranched alkanes of at least 4 members (excludes halogenated alkanes) is 2. The number of nitrogens with zero attached hydrogens (tertiary/aromatic N) is 2. The van der Waals surface area contributed by atoms with E-state index in [1.165, 1.54) is 41.9 Å². The minimum atomic E-state index is -0.720. The van der Waals surface area contributed by atoms with E-state index >= 15 is 0 Å². The van der Waals surface area contributed by atoms with Gasteiger partial charge in [0.25, 0.3) is 5.01 Å². The second-order valence-corrected chi connectivity index (χ2v) is 15.2. The fraction of sp³-hybridized carbons (Fsp3) is 0.395. The van der Waals surface area contributed by atoms with E-state index < -0.39 is 18.0 Å². The number of carbonyl (C=O) groups is 2. The molecule has 3 atom stereocenters. The summed E-state index contributed by atoms with van der Waals surface area (Å²) in [5, 5.41) is 21.8. The third-order valence-electron chi connectivity index (χ3n) is 10.2. The zero-order chi connectivity index (χ0) is 31.7. The van der Waals surface area contributed by atoms with Gasteiger partial charge in [-0.3, -0.25) is 4.79 Å². The Morgan fingerprint density at radius 3 is 2.61 bits per heavy atom. The standard InChI is InChI=1S/C38H40N2O4S2/c41-37(42)15-2-1-8-20-39-30-10-3-5-13-33(30)45-35(39)24-26-16-18-28-19-17-27(23-29(28)22-26)25-36-40(21-9-7-12-32(40)38(43)44)31-11-4-6-14-34(31)46-36/h3-6,10-11,13-14,22-25,28,32H,1-2,7-9,12,15-21H2/p+2/b26-24+,36-25-. The van der Waals surface area contributed by atoms with Crippen LogP contribution in [0.2, 0.25) is 0 Å². The molecule has 2 N–H and O–H groups in total. The van der Waals surface area contributed by atoms with Gasteiger partial charge in [-0.15, -0.1) is 0 Å². The van der Waals surface area contributed by atoms with E-state index in [-0.39, 0.29) is 6.42 Å². The van der Waals surface area contributed by atoms with Crippen molar-refractivity contribution in [3.8, 4) is 0 Å². The summed E-state index contributed by atoms with van der Waals surface area (Å²) in [6.07, 6.45) is 19.4. The van der Waals surface area contributed by atoms with Crippen LogP contribution in [0.1, 0.15) is 75.6 Å². The Labute approximate surface area is 279 Å². The quantitative estimate of drug-likeness (QED) is 0.137. The highest BCUT2D eigenvalue weighted by molar-refractivity contribution is 8.03. The van der Waals surface area contributed by atoms with E-state index in [1.54, 1.807) is 11.8 Å². The molecule has 2 aliphatic carbocycles. The first-order valence-corrected chi connectivity index (χ1v) is 18.4. The molecule has 3 heterocycles. The molecule has 2 aromatic carbocycles. The number of quaternary nitrogens is 1. The fourth-order valence-corrected chi connectivity index (χ4v) is 10.5. The number of piperidine rings is 1. The molecule has 0 bridgehead atoms. The van der Waals surface area contributed by atoms with Gasteiger partial charge >= 0.3 is 11.9 Å². The number of para-hydroxylation sites is 2. The molecule has 46 heavy (non-hydrogen) atoms. The van der Waals surface area contributed by atoms with Crippen molar-refractivity contribution >= 4 is 57.0 Å². The molecule has 7 rings (SSSR count). The average Bonchev–Trinajstić information content (AvgIpc) is 3.55. The number of rotatable bonds is 9. The van der Waals surface area contributed by atoms with Gasteiger partial charge in [0.1, 0.15) is 4.70 Å². The van der Waals surface area contributed by atoms with Crippen LogP contribution >= 0.6 is 23.1 Å². The molecule has 3 aromatic rings. The number of benzene rings is 2. The van der Waals surface area contributed by atoms with Crippen molar-refractivity contribution in [3.05, 3.63) is 93.5 Å². The number of fused-ring (bicyclic) bond motifs is 4. The molecule has 1 aromatic heterocycles. The maximum Gasteiger partial charge on any atom is 0.363 e. The zero-order valence-corrected chi connectivity index (χ0v) is 27.8. The molecule has 1 fully saturated rings. The molecule has 8 heteroatoms. The topological polar surface area (TPSA) is 78.5 Å². The van der Waals surface area contributed by atoms with Crippen LogP contribution in [0, 0.1) is 5.92 Å². The monoisotopic (exact) mass is 654 g/mol. The lowest BCUT2D eigenvalue weighted by molar-refractivity contribution is -0.669. The van der Waals surface area contributed by atoms with E-state index in [2.05, 4.69) is 77.4 Å². The molecular formula is C38H42N2O4S2+2. The Balaban J connectivity index is 1.19. The van der Waals surface area contributed by atoms with Gasteiger partial charge in [-0.05, 0) is 97.9 Å². The van der Waals surface area contributed by atoms with Gasteiger partial charge < -0.3 is 10.2 Å². The van der Waals surface area contributed by atoms with Crippen molar-refractivity contribution in [1.82, 2.24) is 4.48 Å². The number of hydrogen-bond acceptors (Lipinski definition) is 4. The van der Waals surface area contributed by atoms with E-state index in [0.29, 0.717) is 23.2 Å². The maximum atomic E-state index is 12.6. The molecule has 2 aliphatic heterocycles. The summed E-state index contributed by atoms with van der Waals surface area (Å²) in [6.45, 7) is 1.73. The molecule has 0 radical (unpaired) electrons. The van der Waals surface area contributed by atoms with Crippen LogP contribution in [0.15, 0.2) is 93.4 Å². The van der Waals surface area contributed by atoms with Crippen LogP contribution in [-0.2, 0) is 16.1 Å². The highest BCUT2D eigenvalue weighted by Crippen LogP contribution is 2.55. The smallest absolute Gasteiger partial charge is 0.363 e. The minimum absolute atomic E-state index is 0.235. The second-order valence-electron chi connectivity index (χ2n) is 13.1. The number of aryl methyl sites for hydroxylation is 1. The van der Waals surface area contributed by atoms with Crippen molar-refractivity contribution < 1.29 is 24.4 Å². The predicted octanol–water partition coefficient (Wildman–Crippen LogP) is 8.87. The van der Waals surface area contributed by atoms with Gasteiger partial charge in [0, 0.05) is 43.5 Å². The number of thioether (sulfide) groups is 1. The number of carboxylic acid groups (broad SMARTS) is 2. The zero-order valence-electron chi connectivity index (χ0n) is 26.2. The number of hydrogen-bond donors (Lipinski definition) is 2. The van der Waals surface area contributed by atoms with Crippen LogP contribution in [0.4, 0.5) is 5.69 Å². The summed E-state index contributed by atoms with van der Waals surface area (Å²) < 4.78 is 4.15. The largest absolute Gasteiger partial charge is 0.481 e. The lowest BCUT2D eigenvalue weighted by Crippen LogP contribution is -2.59. The molecule has 0 saturated carbocycles. The van der Waals surface area contributed by atoms with Crippen LogP contribution in [0.3, 0.4) is 0 Å². The molecule has 0 amide bonds. The van der Waals surface area contributed by atoms with Crippen molar-refractivity contribution in [2.75, 3.05) is 6.54 Å².